The maximum absolute atomic E-state index is 12.2. The van der Waals surface area contributed by atoms with Crippen molar-refractivity contribution in [2.75, 3.05) is 14.2 Å². The molecule has 6 nitrogen and oxygen atoms in total. The Kier molecular flexibility index (Phi) is 3.85. The fourth-order valence-electron chi connectivity index (χ4n) is 1.79. The maximum atomic E-state index is 12.2. The Morgan fingerprint density at radius 2 is 1.90 bits per heavy atom. The lowest BCUT2D eigenvalue weighted by Crippen LogP contribution is -2.35. The van der Waals surface area contributed by atoms with Crippen molar-refractivity contribution in [2.45, 2.75) is 6.92 Å². The van der Waals surface area contributed by atoms with E-state index in [1.54, 1.807) is 18.2 Å². The topological polar surface area (TPSA) is 73.3 Å². The van der Waals surface area contributed by atoms with Crippen molar-refractivity contribution in [1.82, 2.24) is 9.55 Å². The van der Waals surface area contributed by atoms with E-state index >= 15 is 0 Å². The molecule has 1 heterocycles. The average Bonchev–Trinajstić information content (AvgIpc) is 2.44. The van der Waals surface area contributed by atoms with E-state index in [9.17, 15) is 9.59 Å². The van der Waals surface area contributed by atoms with Crippen LogP contribution in [-0.2, 0) is 0 Å². The lowest BCUT2D eigenvalue weighted by atomic mass is 10.2. The number of methoxy groups -OCH3 is 2. The van der Waals surface area contributed by atoms with E-state index in [-0.39, 0.29) is 16.4 Å². The maximum Gasteiger partial charge on any atom is 0.334 e. The zero-order valence-electron chi connectivity index (χ0n) is 11.2. The van der Waals surface area contributed by atoms with Gasteiger partial charge in [-0.25, -0.2) is 9.36 Å². The molecule has 1 aromatic carbocycles. The van der Waals surface area contributed by atoms with Gasteiger partial charge in [-0.1, -0.05) is 11.6 Å². The molecule has 0 saturated carbocycles. The molecule has 0 fully saturated rings. The number of nitrogens with one attached hydrogen (secondary N) is 1. The molecule has 0 aliphatic carbocycles. The number of nitrogens with zero attached hydrogens (tertiary/aromatic N) is 1. The third-order valence-corrected chi connectivity index (χ3v) is 3.28. The second kappa shape index (κ2) is 5.42. The lowest BCUT2D eigenvalue weighted by Gasteiger charge is -2.12. The van der Waals surface area contributed by atoms with Gasteiger partial charge in [0.05, 0.1) is 25.5 Å². The minimum atomic E-state index is -0.642. The molecule has 1 aromatic heterocycles. The lowest BCUT2D eigenvalue weighted by molar-refractivity contribution is 0.401. The van der Waals surface area contributed by atoms with Crippen LogP contribution in [0, 0.1) is 6.92 Å². The Hall–Kier alpha value is -2.21. The number of benzene rings is 1. The summed E-state index contributed by atoms with van der Waals surface area (Å²) >= 11 is 5.79. The smallest absolute Gasteiger partial charge is 0.334 e. The molecule has 0 spiro atoms. The van der Waals surface area contributed by atoms with E-state index in [4.69, 9.17) is 21.1 Å². The summed E-state index contributed by atoms with van der Waals surface area (Å²) in [6, 6.07) is 4.83. The van der Waals surface area contributed by atoms with Crippen LogP contribution >= 0.6 is 11.6 Å². The van der Waals surface area contributed by atoms with Gasteiger partial charge in [0, 0.05) is 6.07 Å². The molecule has 7 heteroatoms. The van der Waals surface area contributed by atoms with Gasteiger partial charge in [0.25, 0.3) is 5.56 Å². The number of ether oxygens (including phenoxy) is 2. The number of aromatic amines is 1. The molecule has 20 heavy (non-hydrogen) atoms. The molecule has 0 atom stereocenters. The Bertz CT molecular complexity index is 764. The molecular formula is C13H13ClN2O4. The Morgan fingerprint density at radius 3 is 2.50 bits per heavy atom. The van der Waals surface area contributed by atoms with Crippen LogP contribution in [0.3, 0.4) is 0 Å². The van der Waals surface area contributed by atoms with Crippen LogP contribution in [0.4, 0.5) is 0 Å². The minimum absolute atomic E-state index is 0.0260. The van der Waals surface area contributed by atoms with Gasteiger partial charge in [0.1, 0.15) is 16.7 Å². The van der Waals surface area contributed by atoms with Crippen molar-refractivity contribution >= 4 is 11.6 Å². The highest BCUT2D eigenvalue weighted by Gasteiger charge is 2.15. The van der Waals surface area contributed by atoms with E-state index in [2.05, 4.69) is 4.98 Å². The molecule has 0 aliphatic rings. The van der Waals surface area contributed by atoms with E-state index in [1.165, 1.54) is 21.1 Å². The van der Waals surface area contributed by atoms with Gasteiger partial charge in [0.15, 0.2) is 0 Å². The second-order valence-corrected chi connectivity index (χ2v) is 4.43. The summed E-state index contributed by atoms with van der Waals surface area (Å²) in [5.41, 5.74) is -0.614. The highest BCUT2D eigenvalue weighted by Crippen LogP contribution is 2.25. The largest absolute Gasteiger partial charge is 0.497 e. The van der Waals surface area contributed by atoms with Crippen LogP contribution in [-0.4, -0.2) is 23.8 Å². The highest BCUT2D eigenvalue weighted by atomic mass is 35.5. The van der Waals surface area contributed by atoms with E-state index < -0.39 is 11.2 Å². The zero-order valence-corrected chi connectivity index (χ0v) is 11.9. The third kappa shape index (κ3) is 2.30. The number of aromatic nitrogens is 2. The van der Waals surface area contributed by atoms with Crippen molar-refractivity contribution < 1.29 is 9.47 Å². The first-order chi connectivity index (χ1) is 9.49. The monoisotopic (exact) mass is 296 g/mol. The summed E-state index contributed by atoms with van der Waals surface area (Å²) in [5.74, 6) is 0.875. The Labute approximate surface area is 119 Å². The van der Waals surface area contributed by atoms with Crippen LogP contribution < -0.4 is 20.7 Å². The Morgan fingerprint density at radius 1 is 1.20 bits per heavy atom. The number of rotatable bonds is 3. The summed E-state index contributed by atoms with van der Waals surface area (Å²) < 4.78 is 11.2. The van der Waals surface area contributed by atoms with E-state index in [0.29, 0.717) is 11.5 Å². The SMILES string of the molecule is COc1ccc(OC)c(-n2c(=O)[nH]c(Cl)c(C)c2=O)c1. The zero-order chi connectivity index (χ0) is 14.9. The summed E-state index contributed by atoms with van der Waals surface area (Å²) in [5, 5.41) is 0.0260. The van der Waals surface area contributed by atoms with Gasteiger partial charge >= 0.3 is 5.69 Å². The standard InChI is InChI=1S/C13H13ClN2O4/c1-7-11(14)15-13(18)16(12(7)17)9-6-8(19-2)4-5-10(9)20-3/h4-6H,1-3H3,(H,15,18). The van der Waals surface area contributed by atoms with Gasteiger partial charge < -0.3 is 9.47 Å². The molecular weight excluding hydrogens is 284 g/mol. The molecule has 0 aliphatic heterocycles. The molecule has 0 amide bonds. The van der Waals surface area contributed by atoms with Gasteiger partial charge in [-0.2, -0.15) is 0 Å². The van der Waals surface area contributed by atoms with Crippen LogP contribution in [0.1, 0.15) is 5.56 Å². The van der Waals surface area contributed by atoms with Crippen LogP contribution in [0.2, 0.25) is 5.15 Å². The average molecular weight is 297 g/mol. The normalized spacial score (nSPS) is 10.4. The van der Waals surface area contributed by atoms with Crippen molar-refractivity contribution in [3.63, 3.8) is 0 Å². The Balaban J connectivity index is 2.84. The predicted octanol–water partition coefficient (Wildman–Crippen LogP) is 1.50. The quantitative estimate of drug-likeness (QED) is 0.871. The first-order valence-corrected chi connectivity index (χ1v) is 6.11. The molecule has 0 bridgehead atoms. The van der Waals surface area contributed by atoms with Gasteiger partial charge in [-0.05, 0) is 19.1 Å². The molecule has 2 aromatic rings. The van der Waals surface area contributed by atoms with E-state index in [0.717, 1.165) is 4.57 Å². The fourth-order valence-corrected chi connectivity index (χ4v) is 1.95. The van der Waals surface area contributed by atoms with Crippen molar-refractivity contribution in [3.8, 4) is 17.2 Å². The van der Waals surface area contributed by atoms with Gasteiger partial charge in [0.2, 0.25) is 0 Å². The first kappa shape index (κ1) is 14.2. The first-order valence-electron chi connectivity index (χ1n) is 5.73. The molecule has 106 valence electrons. The number of H-pyrrole nitrogens is 1. The minimum Gasteiger partial charge on any atom is -0.497 e. The van der Waals surface area contributed by atoms with Crippen molar-refractivity contribution in [2.24, 2.45) is 0 Å². The van der Waals surface area contributed by atoms with Crippen molar-refractivity contribution in [3.05, 3.63) is 49.8 Å². The highest BCUT2D eigenvalue weighted by molar-refractivity contribution is 6.30. The van der Waals surface area contributed by atoms with Gasteiger partial charge in [-0.3, -0.25) is 9.78 Å². The molecule has 0 saturated heterocycles. The molecule has 0 unspecified atom stereocenters. The van der Waals surface area contributed by atoms with E-state index in [1.807, 2.05) is 0 Å². The number of hydrogen-bond acceptors (Lipinski definition) is 4. The molecule has 2 rings (SSSR count). The second-order valence-electron chi connectivity index (χ2n) is 4.05. The number of halogens is 1. The fraction of sp³-hybridized carbons (Fsp3) is 0.231. The number of hydrogen-bond donors (Lipinski definition) is 1. The van der Waals surface area contributed by atoms with Crippen molar-refractivity contribution in [1.29, 1.82) is 0 Å². The summed E-state index contributed by atoms with van der Waals surface area (Å²) in [4.78, 5) is 26.7. The van der Waals surface area contributed by atoms with Crippen LogP contribution in [0.15, 0.2) is 27.8 Å². The molecule has 1 N–H and O–H groups in total. The summed E-state index contributed by atoms with van der Waals surface area (Å²) in [6.45, 7) is 1.53. The predicted molar refractivity (Wildman–Crippen MR) is 75.5 cm³/mol. The van der Waals surface area contributed by atoms with Gasteiger partial charge in [-0.15, -0.1) is 0 Å². The van der Waals surface area contributed by atoms with Crippen LogP contribution in [0.25, 0.3) is 5.69 Å². The van der Waals surface area contributed by atoms with Crippen LogP contribution in [0.5, 0.6) is 11.5 Å². The molecule has 0 radical (unpaired) electrons. The third-order valence-electron chi connectivity index (χ3n) is 2.90. The summed E-state index contributed by atoms with van der Waals surface area (Å²) in [6.07, 6.45) is 0. The summed E-state index contributed by atoms with van der Waals surface area (Å²) in [7, 11) is 2.94.